The average Bonchev–Trinajstić information content (AvgIpc) is 2.56. The summed E-state index contributed by atoms with van der Waals surface area (Å²) in [6, 6.07) is 5.51. The van der Waals surface area contributed by atoms with Gasteiger partial charge in [0.05, 0.1) is 11.2 Å². The van der Waals surface area contributed by atoms with Crippen molar-refractivity contribution in [2.24, 2.45) is 0 Å². The van der Waals surface area contributed by atoms with Crippen LogP contribution in [0.15, 0.2) is 24.3 Å². The molecule has 1 fully saturated rings. The van der Waals surface area contributed by atoms with E-state index < -0.39 is 0 Å². The Morgan fingerprint density at radius 2 is 1.84 bits per heavy atom. The lowest BCUT2D eigenvalue weighted by atomic mass is 9.89. The second-order valence-corrected chi connectivity index (χ2v) is 5.57. The van der Waals surface area contributed by atoms with Crippen molar-refractivity contribution in [3.63, 3.8) is 0 Å². The molecule has 0 atom stereocenters. The molecule has 0 saturated carbocycles. The Kier molecular flexibility index (Phi) is 3.48. The van der Waals surface area contributed by atoms with Gasteiger partial charge in [-0.15, -0.1) is 0 Å². The van der Waals surface area contributed by atoms with Crippen LogP contribution in [0, 0.1) is 11.3 Å². The number of aromatic nitrogens is 1. The lowest BCUT2D eigenvalue weighted by Crippen LogP contribution is -2.41. The summed E-state index contributed by atoms with van der Waals surface area (Å²) in [4.78, 5) is 4.01. The molecule has 0 aliphatic carbocycles. The summed E-state index contributed by atoms with van der Waals surface area (Å²) in [6.45, 7) is 8.07. The smallest absolute Gasteiger partial charge is 0.400 e. The van der Waals surface area contributed by atoms with Crippen LogP contribution in [-0.2, 0) is 9.31 Å². The van der Waals surface area contributed by atoms with E-state index in [1.165, 1.54) is 0 Å². The van der Waals surface area contributed by atoms with Gasteiger partial charge in [-0.25, -0.2) is 4.98 Å². The summed E-state index contributed by atoms with van der Waals surface area (Å²) < 4.78 is 11.7. The zero-order valence-corrected chi connectivity index (χ0v) is 11.7. The highest BCUT2D eigenvalue weighted by Gasteiger charge is 2.49. The van der Waals surface area contributed by atoms with Gasteiger partial charge in [-0.05, 0) is 39.3 Å². The van der Waals surface area contributed by atoms with Crippen LogP contribution < -0.4 is 0 Å². The number of hydrogen-bond donors (Lipinski definition) is 0. The third-order valence-electron chi connectivity index (χ3n) is 3.62. The Morgan fingerprint density at radius 3 is 2.32 bits per heavy atom. The molecule has 19 heavy (non-hydrogen) atoms. The van der Waals surface area contributed by atoms with Gasteiger partial charge in [0.1, 0.15) is 11.8 Å². The Labute approximate surface area is 114 Å². The second kappa shape index (κ2) is 4.80. The predicted octanol–water partition coefficient (Wildman–Crippen LogP) is 2.60. The highest BCUT2D eigenvalue weighted by Crippen LogP contribution is 2.36. The molecule has 2 heterocycles. The molecule has 5 heteroatoms. The summed E-state index contributed by atoms with van der Waals surface area (Å²) >= 11 is 0. The summed E-state index contributed by atoms with van der Waals surface area (Å²) in [6.07, 6.45) is 3.54. The first-order valence-electron chi connectivity index (χ1n) is 6.24. The predicted molar refractivity (Wildman–Crippen MR) is 74.1 cm³/mol. The minimum absolute atomic E-state index is 0.328. The Balaban J connectivity index is 2.06. The number of nitrogens with zero attached hydrogens (tertiary/aromatic N) is 2. The molecule has 0 aromatic carbocycles. The normalized spacial score (nSPS) is 20.7. The first-order valence-corrected chi connectivity index (χ1v) is 6.24. The minimum atomic E-state index is -0.361. The van der Waals surface area contributed by atoms with Gasteiger partial charge in [0, 0.05) is 6.20 Å². The number of rotatable bonds is 2. The maximum atomic E-state index is 8.68. The molecule has 1 saturated heterocycles. The highest BCUT2D eigenvalue weighted by atomic mass is 16.7. The molecular formula is C14H17BN2O2. The summed E-state index contributed by atoms with van der Waals surface area (Å²) in [5, 5.41) is 8.68. The first kappa shape index (κ1) is 13.8. The van der Waals surface area contributed by atoms with Gasteiger partial charge >= 0.3 is 7.12 Å². The van der Waals surface area contributed by atoms with E-state index in [0.717, 1.165) is 5.56 Å². The second-order valence-electron chi connectivity index (χ2n) is 5.57. The van der Waals surface area contributed by atoms with Crippen molar-refractivity contribution < 1.29 is 9.31 Å². The van der Waals surface area contributed by atoms with Gasteiger partial charge in [-0.1, -0.05) is 18.1 Å². The van der Waals surface area contributed by atoms with E-state index in [-0.39, 0.29) is 18.3 Å². The fraction of sp³-hybridized carbons (Fsp3) is 0.429. The van der Waals surface area contributed by atoms with Gasteiger partial charge < -0.3 is 9.31 Å². The van der Waals surface area contributed by atoms with Gasteiger partial charge in [0.2, 0.25) is 0 Å². The van der Waals surface area contributed by atoms with E-state index in [4.69, 9.17) is 14.6 Å². The molecule has 2 rings (SSSR count). The van der Waals surface area contributed by atoms with Crippen molar-refractivity contribution in [1.82, 2.24) is 4.98 Å². The van der Waals surface area contributed by atoms with Crippen LogP contribution >= 0.6 is 0 Å². The van der Waals surface area contributed by atoms with Crippen molar-refractivity contribution in [2.75, 3.05) is 0 Å². The Bertz CT molecular complexity index is 513. The SMILES string of the molecule is CC1(C)OB(/C=C/c2ccc(C#N)nc2)OC1(C)C. The third kappa shape index (κ3) is 2.86. The topological polar surface area (TPSA) is 55.1 Å². The molecule has 0 unspecified atom stereocenters. The first-order chi connectivity index (χ1) is 8.84. The largest absolute Gasteiger partial charge is 0.487 e. The van der Waals surface area contributed by atoms with Gasteiger partial charge in [0.25, 0.3) is 0 Å². The molecule has 0 amide bonds. The molecule has 4 nitrogen and oxygen atoms in total. The number of hydrogen-bond acceptors (Lipinski definition) is 4. The molecule has 0 bridgehead atoms. The fourth-order valence-corrected chi connectivity index (χ4v) is 1.73. The maximum absolute atomic E-state index is 8.68. The van der Waals surface area contributed by atoms with Crippen LogP contribution in [0.4, 0.5) is 0 Å². The standard InChI is InChI=1S/C14H17BN2O2/c1-13(2)14(3,4)19-15(18-13)8-7-11-5-6-12(9-16)17-10-11/h5-8,10H,1-4H3/b8-7+. The molecule has 0 spiro atoms. The van der Waals surface area contributed by atoms with Crippen molar-refractivity contribution in [3.05, 3.63) is 35.6 Å². The van der Waals surface area contributed by atoms with Crippen molar-refractivity contribution >= 4 is 13.2 Å². The Morgan fingerprint density at radius 1 is 1.21 bits per heavy atom. The van der Waals surface area contributed by atoms with Crippen molar-refractivity contribution in [1.29, 1.82) is 5.26 Å². The molecule has 1 aliphatic heterocycles. The van der Waals surface area contributed by atoms with Crippen molar-refractivity contribution in [3.8, 4) is 6.07 Å². The summed E-state index contributed by atoms with van der Waals surface area (Å²) in [5.41, 5.74) is 0.664. The molecule has 0 radical (unpaired) electrons. The Hall–Kier alpha value is -1.64. The lowest BCUT2D eigenvalue weighted by molar-refractivity contribution is 0.00578. The summed E-state index contributed by atoms with van der Waals surface area (Å²) in [5.74, 6) is 1.86. The molecule has 0 N–H and O–H groups in total. The summed E-state index contributed by atoms with van der Waals surface area (Å²) in [7, 11) is -0.361. The van der Waals surface area contributed by atoms with Crippen LogP contribution in [0.1, 0.15) is 39.0 Å². The van der Waals surface area contributed by atoms with E-state index in [2.05, 4.69) is 4.98 Å². The lowest BCUT2D eigenvalue weighted by Gasteiger charge is -2.32. The maximum Gasteiger partial charge on any atom is 0.487 e. The molecular weight excluding hydrogens is 239 g/mol. The van der Waals surface area contributed by atoms with Gasteiger partial charge in [-0.2, -0.15) is 5.26 Å². The molecule has 1 aromatic rings. The van der Waals surface area contributed by atoms with E-state index >= 15 is 0 Å². The number of pyridine rings is 1. The quantitative estimate of drug-likeness (QED) is 0.763. The zero-order valence-electron chi connectivity index (χ0n) is 11.7. The third-order valence-corrected chi connectivity index (χ3v) is 3.62. The van der Waals surface area contributed by atoms with Gasteiger partial charge in [-0.3, -0.25) is 0 Å². The highest BCUT2D eigenvalue weighted by molar-refractivity contribution is 6.52. The average molecular weight is 256 g/mol. The fourth-order valence-electron chi connectivity index (χ4n) is 1.73. The van der Waals surface area contributed by atoms with Gasteiger partial charge in [0.15, 0.2) is 0 Å². The number of nitriles is 1. The molecule has 1 aromatic heterocycles. The monoisotopic (exact) mass is 256 g/mol. The van der Waals surface area contributed by atoms with Crippen LogP contribution in [0.3, 0.4) is 0 Å². The zero-order chi connectivity index (χ0) is 14.1. The van der Waals surface area contributed by atoms with E-state index in [0.29, 0.717) is 5.69 Å². The van der Waals surface area contributed by atoms with Crippen LogP contribution in [0.2, 0.25) is 0 Å². The van der Waals surface area contributed by atoms with E-state index in [1.54, 1.807) is 12.3 Å². The minimum Gasteiger partial charge on any atom is -0.400 e. The van der Waals surface area contributed by atoms with Crippen molar-refractivity contribution in [2.45, 2.75) is 38.9 Å². The molecule has 98 valence electrons. The van der Waals surface area contributed by atoms with E-state index in [1.807, 2.05) is 51.9 Å². The van der Waals surface area contributed by atoms with E-state index in [9.17, 15) is 0 Å². The van der Waals surface area contributed by atoms with Crippen LogP contribution in [0.5, 0.6) is 0 Å². The van der Waals surface area contributed by atoms with Crippen LogP contribution in [-0.4, -0.2) is 23.3 Å². The molecule has 1 aliphatic rings. The van der Waals surface area contributed by atoms with Crippen LogP contribution in [0.25, 0.3) is 6.08 Å².